The molecule has 5 heteroatoms. The lowest BCUT2D eigenvalue weighted by molar-refractivity contribution is -0.124. The monoisotopic (exact) mass is 233 g/mol. The Hall–Kier alpha value is -1.88. The van der Waals surface area contributed by atoms with Crippen LogP contribution in [0.2, 0.25) is 0 Å². The van der Waals surface area contributed by atoms with Crippen molar-refractivity contribution in [3.8, 4) is 0 Å². The molecule has 17 heavy (non-hydrogen) atoms. The lowest BCUT2D eigenvalue weighted by Crippen LogP contribution is -2.56. The fourth-order valence-corrected chi connectivity index (χ4v) is 1.62. The molecular weight excluding hydrogens is 218 g/mol. The van der Waals surface area contributed by atoms with Crippen LogP contribution in [0, 0.1) is 6.92 Å². The van der Waals surface area contributed by atoms with E-state index in [4.69, 9.17) is 0 Å². The van der Waals surface area contributed by atoms with Crippen molar-refractivity contribution >= 4 is 17.5 Å². The molecular formula is C12H15N3O2. The van der Waals surface area contributed by atoms with Crippen molar-refractivity contribution in [1.29, 1.82) is 0 Å². The lowest BCUT2D eigenvalue weighted by atomic mass is 10.2. The predicted molar refractivity (Wildman–Crippen MR) is 64.6 cm³/mol. The maximum absolute atomic E-state index is 11.8. The Morgan fingerprint density at radius 2 is 2.06 bits per heavy atom. The van der Waals surface area contributed by atoms with Crippen LogP contribution in [0.4, 0.5) is 5.69 Å². The minimum atomic E-state index is -0.367. The summed E-state index contributed by atoms with van der Waals surface area (Å²) in [6.07, 6.45) is 0. The van der Waals surface area contributed by atoms with Crippen LogP contribution in [-0.4, -0.2) is 30.9 Å². The molecule has 90 valence electrons. The maximum Gasteiger partial charge on any atom is 0.243 e. The van der Waals surface area contributed by atoms with E-state index in [1.54, 1.807) is 0 Å². The molecule has 1 aliphatic rings. The number of amides is 2. The maximum atomic E-state index is 11.8. The summed E-state index contributed by atoms with van der Waals surface area (Å²) >= 11 is 0. The van der Waals surface area contributed by atoms with Gasteiger partial charge in [0.1, 0.15) is 6.04 Å². The third kappa shape index (κ3) is 3.04. The molecule has 1 aromatic rings. The highest BCUT2D eigenvalue weighted by Gasteiger charge is 2.23. The van der Waals surface area contributed by atoms with Crippen LogP contribution in [0.25, 0.3) is 0 Å². The Bertz CT molecular complexity index is 418. The Labute approximate surface area is 99.6 Å². The largest absolute Gasteiger partial charge is 0.353 e. The van der Waals surface area contributed by atoms with Crippen molar-refractivity contribution in [3.05, 3.63) is 29.8 Å². The number of aryl methyl sites for hydroxylation is 1. The highest BCUT2D eigenvalue weighted by Crippen LogP contribution is 2.09. The summed E-state index contributed by atoms with van der Waals surface area (Å²) in [5.74, 6) is -0.210. The predicted octanol–water partition coefficient (Wildman–Crippen LogP) is 0.0215. The van der Waals surface area contributed by atoms with Crippen LogP contribution in [0.3, 0.4) is 0 Å². The van der Waals surface area contributed by atoms with Gasteiger partial charge in [0, 0.05) is 12.2 Å². The highest BCUT2D eigenvalue weighted by atomic mass is 16.2. The summed E-state index contributed by atoms with van der Waals surface area (Å²) in [6, 6.07) is 7.22. The minimum absolute atomic E-state index is 0.0793. The van der Waals surface area contributed by atoms with Crippen molar-refractivity contribution in [1.82, 2.24) is 10.6 Å². The van der Waals surface area contributed by atoms with Crippen molar-refractivity contribution in [3.63, 3.8) is 0 Å². The number of carbonyl (C=O) groups is 2. The van der Waals surface area contributed by atoms with Gasteiger partial charge >= 0.3 is 0 Å². The van der Waals surface area contributed by atoms with Gasteiger partial charge in [0.25, 0.3) is 0 Å². The van der Waals surface area contributed by atoms with Crippen molar-refractivity contribution in [2.75, 3.05) is 18.4 Å². The Morgan fingerprint density at radius 1 is 1.35 bits per heavy atom. The van der Waals surface area contributed by atoms with Crippen LogP contribution in [0.1, 0.15) is 5.56 Å². The van der Waals surface area contributed by atoms with Crippen molar-refractivity contribution < 1.29 is 9.59 Å². The summed E-state index contributed by atoms with van der Waals surface area (Å²) in [5.41, 5.74) is 1.91. The van der Waals surface area contributed by atoms with Crippen LogP contribution < -0.4 is 16.0 Å². The molecule has 3 N–H and O–H groups in total. The second kappa shape index (κ2) is 4.97. The van der Waals surface area contributed by atoms with Gasteiger partial charge in [-0.05, 0) is 19.1 Å². The normalized spacial score (nSPS) is 19.6. The first-order valence-corrected chi connectivity index (χ1v) is 5.53. The molecule has 0 bridgehead atoms. The van der Waals surface area contributed by atoms with Gasteiger partial charge in [0.15, 0.2) is 0 Å². The highest BCUT2D eigenvalue weighted by molar-refractivity contribution is 5.96. The third-order valence-corrected chi connectivity index (χ3v) is 2.65. The Morgan fingerprint density at radius 3 is 2.65 bits per heavy atom. The van der Waals surface area contributed by atoms with E-state index < -0.39 is 0 Å². The van der Waals surface area contributed by atoms with Gasteiger partial charge in [-0.1, -0.05) is 17.7 Å². The van der Waals surface area contributed by atoms with Crippen LogP contribution in [0.15, 0.2) is 24.3 Å². The lowest BCUT2D eigenvalue weighted by Gasteiger charge is -2.23. The fraction of sp³-hybridized carbons (Fsp3) is 0.333. The average molecular weight is 233 g/mol. The van der Waals surface area contributed by atoms with Crippen molar-refractivity contribution in [2.24, 2.45) is 0 Å². The number of nitrogens with one attached hydrogen (secondary N) is 3. The number of hydrogen-bond donors (Lipinski definition) is 3. The van der Waals surface area contributed by atoms with Gasteiger partial charge in [-0.2, -0.15) is 0 Å². The number of anilines is 1. The molecule has 2 amide bonds. The number of piperazine rings is 1. The average Bonchev–Trinajstić information content (AvgIpc) is 2.33. The quantitative estimate of drug-likeness (QED) is 0.674. The van der Waals surface area contributed by atoms with Crippen LogP contribution in [0.5, 0.6) is 0 Å². The smallest absolute Gasteiger partial charge is 0.243 e. The number of benzene rings is 1. The molecule has 0 saturated carbocycles. The minimum Gasteiger partial charge on any atom is -0.353 e. The molecule has 1 aromatic carbocycles. The molecule has 1 atom stereocenters. The summed E-state index contributed by atoms with van der Waals surface area (Å²) in [7, 11) is 0. The molecule has 1 aliphatic heterocycles. The molecule has 1 heterocycles. The second-order valence-corrected chi connectivity index (χ2v) is 4.09. The molecule has 1 unspecified atom stereocenters. The van der Waals surface area contributed by atoms with Gasteiger partial charge in [-0.3, -0.25) is 14.9 Å². The molecule has 0 aliphatic carbocycles. The van der Waals surface area contributed by atoms with Gasteiger partial charge in [0.2, 0.25) is 11.8 Å². The van der Waals surface area contributed by atoms with Gasteiger partial charge in [-0.15, -0.1) is 0 Å². The molecule has 1 fully saturated rings. The van der Waals surface area contributed by atoms with Crippen molar-refractivity contribution in [2.45, 2.75) is 13.0 Å². The summed E-state index contributed by atoms with van der Waals surface area (Å²) < 4.78 is 0. The summed E-state index contributed by atoms with van der Waals surface area (Å²) in [6.45, 7) is 2.51. The Balaban J connectivity index is 1.92. The van der Waals surface area contributed by atoms with E-state index in [9.17, 15) is 9.59 Å². The van der Waals surface area contributed by atoms with E-state index in [1.165, 1.54) is 0 Å². The first-order chi connectivity index (χ1) is 8.15. The molecule has 0 radical (unpaired) electrons. The summed E-state index contributed by atoms with van der Waals surface area (Å²) in [4.78, 5) is 22.8. The SMILES string of the molecule is Cc1ccc(NC(=O)C2CNC(=O)CN2)cc1. The molecule has 5 nitrogen and oxygen atoms in total. The molecule has 0 aromatic heterocycles. The van der Waals surface area contributed by atoms with Crippen LogP contribution >= 0.6 is 0 Å². The second-order valence-electron chi connectivity index (χ2n) is 4.09. The molecule has 1 saturated heterocycles. The van der Waals surface area contributed by atoms with E-state index in [2.05, 4.69) is 16.0 Å². The number of hydrogen-bond acceptors (Lipinski definition) is 3. The van der Waals surface area contributed by atoms with Crippen LogP contribution in [-0.2, 0) is 9.59 Å². The number of carbonyl (C=O) groups excluding carboxylic acids is 2. The first-order valence-electron chi connectivity index (χ1n) is 5.53. The van der Waals surface area contributed by atoms with Gasteiger partial charge in [0.05, 0.1) is 6.54 Å². The molecule has 2 rings (SSSR count). The standard InChI is InChI=1S/C12H15N3O2/c1-8-2-4-9(5-3-8)15-12(17)10-6-14-11(16)7-13-10/h2-5,10,13H,6-7H2,1H3,(H,14,16)(H,15,17). The topological polar surface area (TPSA) is 70.2 Å². The van der Waals surface area contributed by atoms with Gasteiger partial charge in [-0.25, -0.2) is 0 Å². The third-order valence-electron chi connectivity index (χ3n) is 2.65. The molecule has 0 spiro atoms. The van der Waals surface area contributed by atoms with E-state index >= 15 is 0 Å². The van der Waals surface area contributed by atoms with E-state index in [-0.39, 0.29) is 24.4 Å². The number of rotatable bonds is 2. The van der Waals surface area contributed by atoms with E-state index in [0.29, 0.717) is 6.54 Å². The Kier molecular flexibility index (Phi) is 3.39. The van der Waals surface area contributed by atoms with E-state index in [0.717, 1.165) is 11.3 Å². The van der Waals surface area contributed by atoms with Gasteiger partial charge < -0.3 is 10.6 Å². The fourth-order valence-electron chi connectivity index (χ4n) is 1.62. The zero-order chi connectivity index (χ0) is 12.3. The van der Waals surface area contributed by atoms with E-state index in [1.807, 2.05) is 31.2 Å². The first kappa shape index (κ1) is 11.6. The zero-order valence-corrected chi connectivity index (χ0v) is 9.62. The summed E-state index contributed by atoms with van der Waals surface area (Å²) in [5, 5.41) is 8.32. The zero-order valence-electron chi connectivity index (χ0n) is 9.62.